The van der Waals surface area contributed by atoms with E-state index in [1.54, 1.807) is 6.92 Å². The number of hydrogen-bond donors (Lipinski definition) is 1. The van der Waals surface area contributed by atoms with Crippen LogP contribution in [0.4, 0.5) is 5.69 Å². The molecule has 16 heavy (non-hydrogen) atoms. The highest BCUT2D eigenvalue weighted by molar-refractivity contribution is 8.13. The van der Waals surface area contributed by atoms with E-state index in [1.165, 1.54) is 11.8 Å². The lowest BCUT2D eigenvalue weighted by atomic mass is 10.1. The molecular formula is C13H15NOS. The minimum absolute atomic E-state index is 0.141. The first-order chi connectivity index (χ1) is 7.59. The molecule has 0 atom stereocenters. The Balaban J connectivity index is 2.56. The second kappa shape index (κ2) is 6.24. The Labute approximate surface area is 101 Å². The standard InChI is InChI=1S/C13H15NOS/c1-10-6-7-13(14)9-12(10)5-3-4-8-16-11(2)15/h6-7,9H,4,8,14H2,1-2H3. The summed E-state index contributed by atoms with van der Waals surface area (Å²) >= 11 is 1.31. The summed E-state index contributed by atoms with van der Waals surface area (Å²) in [6, 6.07) is 5.70. The average molecular weight is 233 g/mol. The van der Waals surface area contributed by atoms with E-state index in [-0.39, 0.29) is 5.12 Å². The molecule has 0 bridgehead atoms. The van der Waals surface area contributed by atoms with Gasteiger partial charge in [0.2, 0.25) is 0 Å². The van der Waals surface area contributed by atoms with Crippen molar-refractivity contribution in [2.24, 2.45) is 0 Å². The fourth-order valence-corrected chi connectivity index (χ4v) is 1.67. The SMILES string of the molecule is CC(=O)SCCC#Cc1cc(N)ccc1C. The van der Waals surface area contributed by atoms with Crippen molar-refractivity contribution in [1.29, 1.82) is 0 Å². The number of hydrogen-bond acceptors (Lipinski definition) is 3. The Bertz CT molecular complexity index is 443. The van der Waals surface area contributed by atoms with Crippen LogP contribution in [0.5, 0.6) is 0 Å². The van der Waals surface area contributed by atoms with Gasteiger partial charge in [0.15, 0.2) is 5.12 Å². The summed E-state index contributed by atoms with van der Waals surface area (Å²) in [6.45, 7) is 3.58. The zero-order valence-electron chi connectivity index (χ0n) is 9.54. The third-order valence-electron chi connectivity index (χ3n) is 2.02. The zero-order chi connectivity index (χ0) is 12.0. The molecule has 0 aliphatic rings. The maximum Gasteiger partial charge on any atom is 0.185 e. The molecule has 1 rings (SSSR count). The van der Waals surface area contributed by atoms with Gasteiger partial charge in [0.05, 0.1) is 0 Å². The van der Waals surface area contributed by atoms with Gasteiger partial charge in [-0.3, -0.25) is 4.79 Å². The van der Waals surface area contributed by atoms with Crippen molar-refractivity contribution in [3.63, 3.8) is 0 Å². The third-order valence-corrected chi connectivity index (χ3v) is 2.83. The first-order valence-corrected chi connectivity index (χ1v) is 6.06. The smallest absolute Gasteiger partial charge is 0.185 e. The van der Waals surface area contributed by atoms with Gasteiger partial charge in [0.25, 0.3) is 0 Å². The van der Waals surface area contributed by atoms with Crippen molar-refractivity contribution >= 4 is 22.6 Å². The van der Waals surface area contributed by atoms with Crippen LogP contribution < -0.4 is 5.73 Å². The van der Waals surface area contributed by atoms with Crippen molar-refractivity contribution in [3.8, 4) is 11.8 Å². The van der Waals surface area contributed by atoms with Gasteiger partial charge in [0.1, 0.15) is 0 Å². The number of thioether (sulfide) groups is 1. The van der Waals surface area contributed by atoms with Crippen LogP contribution in [0, 0.1) is 18.8 Å². The lowest BCUT2D eigenvalue weighted by Gasteiger charge is -1.98. The molecule has 0 heterocycles. The van der Waals surface area contributed by atoms with E-state index in [0.717, 1.165) is 29.0 Å². The van der Waals surface area contributed by atoms with E-state index < -0.39 is 0 Å². The first kappa shape index (κ1) is 12.7. The topological polar surface area (TPSA) is 43.1 Å². The maximum atomic E-state index is 10.7. The van der Waals surface area contributed by atoms with Crippen LogP contribution in [0.15, 0.2) is 18.2 Å². The molecule has 0 aliphatic heterocycles. The highest BCUT2D eigenvalue weighted by atomic mass is 32.2. The summed E-state index contributed by atoms with van der Waals surface area (Å²) in [7, 11) is 0. The molecule has 2 N–H and O–H groups in total. The van der Waals surface area contributed by atoms with Crippen LogP contribution in [0.2, 0.25) is 0 Å². The minimum Gasteiger partial charge on any atom is -0.399 e. The Morgan fingerprint density at radius 3 is 2.94 bits per heavy atom. The van der Waals surface area contributed by atoms with Gasteiger partial charge in [-0.05, 0) is 24.6 Å². The summed E-state index contributed by atoms with van der Waals surface area (Å²) in [4.78, 5) is 10.7. The molecule has 0 unspecified atom stereocenters. The van der Waals surface area contributed by atoms with E-state index >= 15 is 0 Å². The third kappa shape index (κ3) is 4.41. The summed E-state index contributed by atoms with van der Waals surface area (Å²) in [5, 5.41) is 0.141. The molecule has 0 saturated carbocycles. The molecule has 84 valence electrons. The van der Waals surface area contributed by atoms with Crippen molar-refractivity contribution in [2.45, 2.75) is 20.3 Å². The zero-order valence-corrected chi connectivity index (χ0v) is 10.4. The summed E-state index contributed by atoms with van der Waals surface area (Å²) in [5.41, 5.74) is 8.50. The van der Waals surface area contributed by atoms with Crippen LogP contribution in [0.1, 0.15) is 24.5 Å². The van der Waals surface area contributed by atoms with Crippen LogP contribution in [0.3, 0.4) is 0 Å². The first-order valence-electron chi connectivity index (χ1n) is 5.08. The Morgan fingerprint density at radius 1 is 1.50 bits per heavy atom. The largest absolute Gasteiger partial charge is 0.399 e. The van der Waals surface area contributed by atoms with Crippen molar-refractivity contribution < 1.29 is 4.79 Å². The number of benzene rings is 1. The molecule has 2 nitrogen and oxygen atoms in total. The molecule has 0 spiro atoms. The van der Waals surface area contributed by atoms with E-state index in [4.69, 9.17) is 5.73 Å². The molecule has 0 saturated heterocycles. The Kier molecular flexibility index (Phi) is 4.94. The average Bonchev–Trinajstić information content (AvgIpc) is 2.22. The number of carbonyl (C=O) groups is 1. The minimum atomic E-state index is 0.141. The quantitative estimate of drug-likeness (QED) is 0.485. The van der Waals surface area contributed by atoms with Gasteiger partial charge in [-0.2, -0.15) is 0 Å². The Morgan fingerprint density at radius 2 is 2.25 bits per heavy atom. The molecule has 0 aromatic heterocycles. The number of aryl methyl sites for hydroxylation is 1. The number of anilines is 1. The molecular weight excluding hydrogens is 218 g/mol. The van der Waals surface area contributed by atoms with E-state index in [1.807, 2.05) is 25.1 Å². The molecule has 0 aliphatic carbocycles. The maximum absolute atomic E-state index is 10.7. The summed E-state index contributed by atoms with van der Waals surface area (Å²) in [6.07, 6.45) is 0.721. The van der Waals surface area contributed by atoms with Crippen LogP contribution >= 0.6 is 11.8 Å². The lowest BCUT2D eigenvalue weighted by Crippen LogP contribution is -1.88. The molecule has 0 fully saturated rings. The van der Waals surface area contributed by atoms with Gasteiger partial charge < -0.3 is 5.73 Å². The van der Waals surface area contributed by atoms with Crippen molar-refractivity contribution in [2.75, 3.05) is 11.5 Å². The van der Waals surface area contributed by atoms with Crippen LogP contribution in [-0.2, 0) is 4.79 Å². The molecule has 0 radical (unpaired) electrons. The highest BCUT2D eigenvalue weighted by Crippen LogP contribution is 2.11. The summed E-state index contributed by atoms with van der Waals surface area (Å²) in [5.74, 6) is 6.87. The fourth-order valence-electron chi connectivity index (χ4n) is 1.18. The number of rotatable bonds is 2. The number of nitrogen functional groups attached to an aromatic ring is 1. The van der Waals surface area contributed by atoms with Gasteiger partial charge in [0, 0.05) is 30.3 Å². The monoisotopic (exact) mass is 233 g/mol. The fraction of sp³-hybridized carbons (Fsp3) is 0.308. The van der Waals surface area contributed by atoms with E-state index in [9.17, 15) is 4.79 Å². The summed E-state index contributed by atoms with van der Waals surface area (Å²) < 4.78 is 0. The van der Waals surface area contributed by atoms with Crippen LogP contribution in [0.25, 0.3) is 0 Å². The Hall–Kier alpha value is -1.40. The van der Waals surface area contributed by atoms with Crippen molar-refractivity contribution in [3.05, 3.63) is 29.3 Å². The van der Waals surface area contributed by atoms with Gasteiger partial charge >= 0.3 is 0 Å². The van der Waals surface area contributed by atoms with Gasteiger partial charge in [-0.25, -0.2) is 0 Å². The second-order valence-electron chi connectivity index (χ2n) is 3.47. The number of nitrogens with two attached hydrogens (primary N) is 1. The lowest BCUT2D eigenvalue weighted by molar-refractivity contribution is -0.109. The van der Waals surface area contributed by atoms with Crippen LogP contribution in [-0.4, -0.2) is 10.9 Å². The van der Waals surface area contributed by atoms with E-state index in [2.05, 4.69) is 11.8 Å². The predicted octanol–water partition coefficient (Wildman–Crippen LogP) is 2.60. The van der Waals surface area contributed by atoms with E-state index in [0.29, 0.717) is 0 Å². The molecule has 1 aromatic carbocycles. The van der Waals surface area contributed by atoms with Gasteiger partial charge in [-0.1, -0.05) is 29.7 Å². The molecule has 1 aromatic rings. The highest BCUT2D eigenvalue weighted by Gasteiger charge is 1.94. The predicted molar refractivity (Wildman–Crippen MR) is 70.2 cm³/mol. The molecule has 0 amide bonds. The van der Waals surface area contributed by atoms with Crippen molar-refractivity contribution in [1.82, 2.24) is 0 Å². The number of carbonyl (C=O) groups excluding carboxylic acids is 1. The second-order valence-corrected chi connectivity index (χ2v) is 4.74. The normalized spacial score (nSPS) is 9.38. The molecule has 3 heteroatoms. The van der Waals surface area contributed by atoms with Gasteiger partial charge in [-0.15, -0.1) is 0 Å².